The van der Waals surface area contributed by atoms with Crippen LogP contribution < -0.4 is 10.6 Å². The minimum absolute atomic E-state index is 0.0265. The first kappa shape index (κ1) is 23.5. The van der Waals surface area contributed by atoms with Crippen LogP contribution in [0, 0.1) is 23.6 Å². The van der Waals surface area contributed by atoms with E-state index in [1.807, 2.05) is 23.0 Å². The number of carbonyl (C=O) groups is 1. The molecule has 7 heteroatoms. The van der Waals surface area contributed by atoms with E-state index in [4.69, 9.17) is 16.7 Å². The fourth-order valence-electron chi connectivity index (χ4n) is 7.82. The average Bonchev–Trinajstić information content (AvgIpc) is 3.41. The van der Waals surface area contributed by atoms with Crippen molar-refractivity contribution in [1.29, 1.82) is 0 Å². The first-order valence-corrected chi connectivity index (χ1v) is 13.6. The first-order chi connectivity index (χ1) is 16.6. The smallest absolute Gasteiger partial charge is 0.237 e. The molecule has 4 saturated carbocycles. The molecule has 2 aromatic rings. The Hall–Kier alpha value is -1.92. The normalized spacial score (nSPS) is 36.0. The topological polar surface area (TPSA) is 59.0 Å². The Morgan fingerprint density at radius 3 is 2.34 bits per heavy atom. The maximum atomic E-state index is 14.4. The molecule has 3 atom stereocenters. The second-order valence-corrected chi connectivity index (χ2v) is 13.2. The number of aromatic nitrogens is 2. The Morgan fingerprint density at radius 1 is 1.11 bits per heavy atom. The number of rotatable bonds is 4. The zero-order valence-corrected chi connectivity index (χ0v) is 21.6. The molecule has 188 valence electrons. The van der Waals surface area contributed by atoms with E-state index in [0.717, 1.165) is 48.3 Å². The van der Waals surface area contributed by atoms with Crippen molar-refractivity contribution in [3.63, 3.8) is 0 Å². The summed E-state index contributed by atoms with van der Waals surface area (Å²) in [5, 5.41) is 12.1. The van der Waals surface area contributed by atoms with Crippen LogP contribution in [0.1, 0.15) is 88.9 Å². The molecule has 1 amide bonds. The zero-order valence-electron chi connectivity index (χ0n) is 20.9. The Balaban J connectivity index is 1.26. The van der Waals surface area contributed by atoms with Gasteiger partial charge in [-0.1, -0.05) is 17.7 Å². The summed E-state index contributed by atoms with van der Waals surface area (Å²) in [6.07, 6.45) is 10.1. The van der Waals surface area contributed by atoms with E-state index in [9.17, 15) is 9.18 Å². The quantitative estimate of drug-likeness (QED) is 0.568. The van der Waals surface area contributed by atoms with Crippen LogP contribution in [0.25, 0.3) is 0 Å². The molecular formula is C28H36ClFN4O. The van der Waals surface area contributed by atoms with E-state index in [2.05, 4.69) is 31.4 Å². The molecule has 0 radical (unpaired) electrons. The number of hydrogen-bond donors (Lipinski definition) is 2. The molecule has 1 aromatic carbocycles. The van der Waals surface area contributed by atoms with Gasteiger partial charge in [0, 0.05) is 23.7 Å². The number of hydrogen-bond acceptors (Lipinski definition) is 3. The highest BCUT2D eigenvalue weighted by atomic mass is 35.5. The van der Waals surface area contributed by atoms with Gasteiger partial charge >= 0.3 is 0 Å². The van der Waals surface area contributed by atoms with Gasteiger partial charge in [-0.3, -0.25) is 14.8 Å². The minimum atomic E-state index is -0.439. The van der Waals surface area contributed by atoms with Crippen LogP contribution in [0.5, 0.6) is 0 Å². The molecule has 1 saturated heterocycles. The van der Waals surface area contributed by atoms with Crippen molar-refractivity contribution in [3.05, 3.63) is 52.6 Å². The lowest BCUT2D eigenvalue weighted by Crippen LogP contribution is -2.62. The Bertz CT molecular complexity index is 1100. The van der Waals surface area contributed by atoms with Gasteiger partial charge in [0.1, 0.15) is 5.82 Å². The molecule has 1 aromatic heterocycles. The van der Waals surface area contributed by atoms with Crippen molar-refractivity contribution in [3.8, 4) is 0 Å². The van der Waals surface area contributed by atoms with Gasteiger partial charge in [-0.25, -0.2) is 4.39 Å². The summed E-state index contributed by atoms with van der Waals surface area (Å²) in [6, 6.07) is 6.44. The molecule has 35 heavy (non-hydrogen) atoms. The van der Waals surface area contributed by atoms with Crippen molar-refractivity contribution < 1.29 is 9.18 Å². The van der Waals surface area contributed by atoms with Crippen LogP contribution >= 0.6 is 11.6 Å². The summed E-state index contributed by atoms with van der Waals surface area (Å²) in [7, 11) is 0. The fraction of sp³-hybridized carbons (Fsp3) is 0.643. The van der Waals surface area contributed by atoms with Gasteiger partial charge < -0.3 is 5.32 Å². The van der Waals surface area contributed by atoms with Crippen LogP contribution in [0.15, 0.2) is 30.5 Å². The molecule has 1 aliphatic heterocycles. The maximum absolute atomic E-state index is 14.4. The summed E-state index contributed by atoms with van der Waals surface area (Å²) >= 11 is 5.97. The lowest BCUT2D eigenvalue weighted by Gasteiger charge is -2.57. The molecule has 2 heterocycles. The van der Waals surface area contributed by atoms with Crippen molar-refractivity contribution in [1.82, 2.24) is 20.4 Å². The molecule has 5 aliphatic rings. The van der Waals surface area contributed by atoms with Crippen molar-refractivity contribution in [2.24, 2.45) is 17.8 Å². The van der Waals surface area contributed by atoms with Crippen LogP contribution in [-0.2, 0) is 10.3 Å². The van der Waals surface area contributed by atoms with Crippen LogP contribution in [0.3, 0.4) is 0 Å². The molecule has 0 unspecified atom stereocenters. The van der Waals surface area contributed by atoms with Gasteiger partial charge in [-0.2, -0.15) is 5.10 Å². The summed E-state index contributed by atoms with van der Waals surface area (Å²) < 4.78 is 16.4. The second-order valence-electron chi connectivity index (χ2n) is 12.8. The first-order valence-electron chi connectivity index (χ1n) is 13.2. The molecule has 4 aliphatic carbocycles. The largest absolute Gasteiger partial charge is 0.349 e. The van der Waals surface area contributed by atoms with Gasteiger partial charge in [0.25, 0.3) is 0 Å². The Labute approximate surface area is 212 Å². The monoisotopic (exact) mass is 498 g/mol. The number of halogens is 2. The van der Waals surface area contributed by atoms with E-state index in [1.54, 1.807) is 6.07 Å². The highest BCUT2D eigenvalue weighted by Crippen LogP contribution is 2.55. The van der Waals surface area contributed by atoms with E-state index in [0.29, 0.717) is 6.42 Å². The van der Waals surface area contributed by atoms with Gasteiger partial charge in [0.2, 0.25) is 5.91 Å². The molecule has 7 rings (SSSR count). The number of amides is 1. The van der Waals surface area contributed by atoms with Crippen molar-refractivity contribution in [2.75, 3.05) is 0 Å². The standard InChI is InChI=1S/C28H36ClFN4O/c1-27(2,3)34-7-6-23(33-34)20-12-24(31-25(20)19-4-5-21(29)22(30)11-19)26(35)32-28-13-16-8-17(14-28)10-18(9-16)15-28/h4-7,11,16-18,20,24-25,31H,8-10,12-15H2,1-3H3,(H,32,35)/t16?,17?,18?,20-,24-,25-,28?/m0/s1. The zero-order chi connectivity index (χ0) is 24.5. The van der Waals surface area contributed by atoms with E-state index in [-0.39, 0.29) is 40.0 Å². The number of benzene rings is 1. The molecule has 5 nitrogen and oxygen atoms in total. The predicted molar refractivity (Wildman–Crippen MR) is 135 cm³/mol. The summed E-state index contributed by atoms with van der Waals surface area (Å²) in [5.41, 5.74) is 1.56. The third kappa shape index (κ3) is 4.31. The van der Waals surface area contributed by atoms with E-state index >= 15 is 0 Å². The van der Waals surface area contributed by atoms with Crippen LogP contribution in [0.2, 0.25) is 5.02 Å². The number of carbonyl (C=O) groups excluding carboxylic acids is 1. The lowest BCUT2D eigenvalue weighted by atomic mass is 9.53. The number of nitrogens with zero attached hydrogens (tertiary/aromatic N) is 2. The maximum Gasteiger partial charge on any atom is 0.237 e. The van der Waals surface area contributed by atoms with Gasteiger partial charge in [0.15, 0.2) is 0 Å². The molecule has 2 N–H and O–H groups in total. The van der Waals surface area contributed by atoms with Gasteiger partial charge in [-0.05, 0) is 107 Å². The Morgan fingerprint density at radius 2 is 1.77 bits per heavy atom. The molecular weight excluding hydrogens is 463 g/mol. The molecule has 4 bridgehead atoms. The van der Waals surface area contributed by atoms with Crippen molar-refractivity contribution >= 4 is 17.5 Å². The third-order valence-electron chi connectivity index (χ3n) is 9.00. The van der Waals surface area contributed by atoms with Gasteiger partial charge in [0.05, 0.1) is 22.3 Å². The highest BCUT2D eigenvalue weighted by molar-refractivity contribution is 6.30. The second kappa shape index (κ2) is 8.31. The third-order valence-corrected chi connectivity index (χ3v) is 9.30. The van der Waals surface area contributed by atoms with Gasteiger partial charge in [-0.15, -0.1) is 0 Å². The molecule has 5 fully saturated rings. The van der Waals surface area contributed by atoms with Crippen LogP contribution in [-0.4, -0.2) is 27.3 Å². The van der Waals surface area contributed by atoms with E-state index in [1.165, 1.54) is 25.3 Å². The number of nitrogens with one attached hydrogen (secondary N) is 2. The fourth-order valence-corrected chi connectivity index (χ4v) is 7.94. The Kier molecular flexibility index (Phi) is 5.57. The van der Waals surface area contributed by atoms with E-state index < -0.39 is 5.82 Å². The summed E-state index contributed by atoms with van der Waals surface area (Å²) in [4.78, 5) is 13.7. The van der Waals surface area contributed by atoms with Crippen LogP contribution in [0.4, 0.5) is 4.39 Å². The van der Waals surface area contributed by atoms with Crippen molar-refractivity contribution in [2.45, 2.75) is 94.8 Å². The summed E-state index contributed by atoms with van der Waals surface area (Å²) in [6.45, 7) is 6.35. The minimum Gasteiger partial charge on any atom is -0.349 e. The molecule has 0 spiro atoms. The highest BCUT2D eigenvalue weighted by Gasteiger charge is 2.52. The SMILES string of the molecule is CC(C)(C)n1ccc([C@@H]2C[C@@H](C(=O)NC34CC5CC(CC(C5)C3)C4)N[C@H]2c2ccc(Cl)c(F)c2)n1. The average molecular weight is 499 g/mol. The lowest BCUT2D eigenvalue weighted by molar-refractivity contribution is -0.128. The summed E-state index contributed by atoms with van der Waals surface area (Å²) in [5.74, 6) is 1.94. The predicted octanol–water partition coefficient (Wildman–Crippen LogP) is 5.70.